The Kier molecular flexibility index (Phi) is 4.94. The van der Waals surface area contributed by atoms with E-state index in [4.69, 9.17) is 17.3 Å². The Hall–Kier alpha value is -1.91. The topological polar surface area (TPSA) is 69.2 Å². The van der Waals surface area contributed by atoms with Crippen molar-refractivity contribution in [2.75, 3.05) is 0 Å². The standard InChI is InChI=1S/C16H17ClN2O2/c1-11(16(18)12-5-3-2-4-6-12)9-13-10-14(17)7-8-15(13)19(20)21/h2-8,10-11,16H,9,18H2,1H3. The first-order valence-electron chi connectivity index (χ1n) is 6.72. The Morgan fingerprint density at radius 1 is 1.24 bits per heavy atom. The minimum Gasteiger partial charge on any atom is -0.324 e. The highest BCUT2D eigenvalue weighted by molar-refractivity contribution is 6.30. The molecular weight excluding hydrogens is 288 g/mol. The number of halogens is 1. The van der Waals surface area contributed by atoms with Gasteiger partial charge in [0.1, 0.15) is 0 Å². The zero-order chi connectivity index (χ0) is 15.4. The number of nitrogens with two attached hydrogens (primary N) is 1. The lowest BCUT2D eigenvalue weighted by atomic mass is 9.89. The zero-order valence-corrected chi connectivity index (χ0v) is 12.5. The van der Waals surface area contributed by atoms with Gasteiger partial charge in [-0.25, -0.2) is 0 Å². The highest BCUT2D eigenvalue weighted by Gasteiger charge is 2.20. The van der Waals surface area contributed by atoms with Crippen LogP contribution < -0.4 is 5.73 Å². The summed E-state index contributed by atoms with van der Waals surface area (Å²) in [6, 6.07) is 14.2. The van der Waals surface area contributed by atoms with Gasteiger partial charge in [0, 0.05) is 22.7 Å². The highest BCUT2D eigenvalue weighted by atomic mass is 35.5. The molecule has 4 nitrogen and oxygen atoms in total. The van der Waals surface area contributed by atoms with Crippen LogP contribution in [-0.2, 0) is 6.42 Å². The van der Waals surface area contributed by atoms with E-state index in [9.17, 15) is 10.1 Å². The summed E-state index contributed by atoms with van der Waals surface area (Å²) in [4.78, 5) is 10.7. The molecule has 0 aliphatic heterocycles. The molecule has 0 saturated carbocycles. The second kappa shape index (κ2) is 6.70. The third-order valence-corrected chi connectivity index (χ3v) is 3.81. The largest absolute Gasteiger partial charge is 0.324 e. The summed E-state index contributed by atoms with van der Waals surface area (Å²) in [5.41, 5.74) is 7.98. The van der Waals surface area contributed by atoms with Crippen molar-refractivity contribution in [3.8, 4) is 0 Å². The Labute approximate surface area is 128 Å². The van der Waals surface area contributed by atoms with Gasteiger partial charge in [-0.3, -0.25) is 10.1 Å². The molecule has 0 saturated heterocycles. The van der Waals surface area contributed by atoms with Crippen LogP contribution in [0.1, 0.15) is 24.1 Å². The highest BCUT2D eigenvalue weighted by Crippen LogP contribution is 2.29. The molecule has 2 aromatic carbocycles. The molecule has 5 heteroatoms. The summed E-state index contributed by atoms with van der Waals surface area (Å²) >= 11 is 5.95. The maximum absolute atomic E-state index is 11.1. The monoisotopic (exact) mass is 304 g/mol. The van der Waals surface area contributed by atoms with Crippen molar-refractivity contribution in [1.82, 2.24) is 0 Å². The van der Waals surface area contributed by atoms with Crippen LogP contribution in [0.25, 0.3) is 0 Å². The van der Waals surface area contributed by atoms with Crippen LogP contribution >= 0.6 is 11.6 Å². The molecule has 0 fully saturated rings. The predicted octanol–water partition coefficient (Wildman–Crippen LogP) is 4.13. The summed E-state index contributed by atoms with van der Waals surface area (Å²) in [5.74, 6) is 0.0598. The molecule has 21 heavy (non-hydrogen) atoms. The van der Waals surface area contributed by atoms with Gasteiger partial charge in [0.2, 0.25) is 0 Å². The zero-order valence-electron chi connectivity index (χ0n) is 11.7. The molecule has 2 aromatic rings. The van der Waals surface area contributed by atoms with Gasteiger partial charge < -0.3 is 5.73 Å². The van der Waals surface area contributed by atoms with Crippen molar-refractivity contribution in [2.45, 2.75) is 19.4 Å². The predicted molar refractivity (Wildman–Crippen MR) is 84.3 cm³/mol. The quantitative estimate of drug-likeness (QED) is 0.667. The van der Waals surface area contributed by atoms with Crippen LogP contribution in [0.5, 0.6) is 0 Å². The molecule has 0 aromatic heterocycles. The van der Waals surface area contributed by atoms with E-state index in [-0.39, 0.29) is 22.6 Å². The molecule has 2 atom stereocenters. The number of nitro groups is 1. The lowest BCUT2D eigenvalue weighted by molar-refractivity contribution is -0.385. The first-order valence-corrected chi connectivity index (χ1v) is 7.10. The molecular formula is C16H17ClN2O2. The van der Waals surface area contributed by atoms with E-state index in [1.54, 1.807) is 6.07 Å². The summed E-state index contributed by atoms with van der Waals surface area (Å²) < 4.78 is 0. The van der Waals surface area contributed by atoms with Crippen molar-refractivity contribution >= 4 is 17.3 Å². The Balaban J connectivity index is 2.21. The molecule has 0 radical (unpaired) electrons. The van der Waals surface area contributed by atoms with Gasteiger partial charge in [0.25, 0.3) is 5.69 Å². The molecule has 0 amide bonds. The normalized spacial score (nSPS) is 13.7. The number of nitro benzene ring substituents is 1. The molecule has 0 aliphatic carbocycles. The van der Waals surface area contributed by atoms with Crippen molar-refractivity contribution < 1.29 is 4.92 Å². The van der Waals surface area contributed by atoms with Crippen molar-refractivity contribution in [3.63, 3.8) is 0 Å². The first-order chi connectivity index (χ1) is 9.99. The molecule has 110 valence electrons. The van der Waals surface area contributed by atoms with Crippen LogP contribution in [0.4, 0.5) is 5.69 Å². The minimum atomic E-state index is -0.383. The first kappa shape index (κ1) is 15.5. The lowest BCUT2D eigenvalue weighted by Crippen LogP contribution is -2.21. The van der Waals surface area contributed by atoms with E-state index in [1.165, 1.54) is 12.1 Å². The fourth-order valence-corrected chi connectivity index (χ4v) is 2.57. The van der Waals surface area contributed by atoms with Gasteiger partial charge in [-0.15, -0.1) is 0 Å². The molecule has 0 aliphatic rings. The van der Waals surface area contributed by atoms with E-state index in [0.29, 0.717) is 17.0 Å². The summed E-state index contributed by atoms with van der Waals surface area (Å²) in [6.07, 6.45) is 0.507. The van der Waals surface area contributed by atoms with E-state index in [0.717, 1.165) is 5.56 Å². The molecule has 0 bridgehead atoms. The summed E-state index contributed by atoms with van der Waals surface area (Å²) in [5, 5.41) is 11.6. The number of hydrogen-bond donors (Lipinski definition) is 1. The average Bonchev–Trinajstić information content (AvgIpc) is 2.47. The summed E-state index contributed by atoms with van der Waals surface area (Å²) in [6.45, 7) is 1.99. The van der Waals surface area contributed by atoms with Crippen molar-refractivity contribution in [3.05, 3.63) is 74.8 Å². The Morgan fingerprint density at radius 2 is 1.90 bits per heavy atom. The van der Waals surface area contributed by atoms with Crippen molar-refractivity contribution in [1.29, 1.82) is 0 Å². The van der Waals surface area contributed by atoms with Gasteiger partial charge in [-0.05, 0) is 30.0 Å². The van der Waals surface area contributed by atoms with Crippen molar-refractivity contribution in [2.24, 2.45) is 11.7 Å². The number of rotatable bonds is 5. The van der Waals surface area contributed by atoms with Crippen LogP contribution in [-0.4, -0.2) is 4.92 Å². The minimum absolute atomic E-state index is 0.0598. The number of nitrogens with zero attached hydrogens (tertiary/aromatic N) is 1. The van der Waals surface area contributed by atoms with Gasteiger partial charge in [-0.2, -0.15) is 0 Å². The van der Waals surface area contributed by atoms with Gasteiger partial charge >= 0.3 is 0 Å². The third-order valence-electron chi connectivity index (χ3n) is 3.58. The smallest absolute Gasteiger partial charge is 0.272 e. The SMILES string of the molecule is CC(Cc1cc(Cl)ccc1[N+](=O)[O-])C(N)c1ccccc1. The van der Waals surface area contributed by atoms with E-state index >= 15 is 0 Å². The fraction of sp³-hybridized carbons (Fsp3) is 0.250. The second-order valence-corrected chi connectivity index (χ2v) is 5.58. The number of hydrogen-bond acceptors (Lipinski definition) is 3. The molecule has 2 rings (SSSR count). The van der Waals surface area contributed by atoms with E-state index in [1.807, 2.05) is 37.3 Å². The van der Waals surface area contributed by atoms with Crippen LogP contribution in [0.3, 0.4) is 0 Å². The van der Waals surface area contributed by atoms with Gasteiger partial charge in [0.05, 0.1) is 4.92 Å². The average molecular weight is 305 g/mol. The van der Waals surface area contributed by atoms with Crippen LogP contribution in [0.15, 0.2) is 48.5 Å². The molecule has 2 unspecified atom stereocenters. The fourth-order valence-electron chi connectivity index (χ4n) is 2.37. The van der Waals surface area contributed by atoms with Crippen LogP contribution in [0, 0.1) is 16.0 Å². The molecule has 2 N–H and O–H groups in total. The van der Waals surface area contributed by atoms with Crippen LogP contribution in [0.2, 0.25) is 5.02 Å². The van der Waals surface area contributed by atoms with E-state index in [2.05, 4.69) is 0 Å². The number of benzene rings is 2. The third kappa shape index (κ3) is 3.80. The lowest BCUT2D eigenvalue weighted by Gasteiger charge is -2.20. The maximum atomic E-state index is 11.1. The Bertz CT molecular complexity index is 631. The Morgan fingerprint density at radius 3 is 2.52 bits per heavy atom. The molecule has 0 heterocycles. The van der Waals surface area contributed by atoms with E-state index < -0.39 is 0 Å². The summed E-state index contributed by atoms with van der Waals surface area (Å²) in [7, 11) is 0. The van der Waals surface area contributed by atoms with Gasteiger partial charge in [0.15, 0.2) is 0 Å². The van der Waals surface area contributed by atoms with Gasteiger partial charge in [-0.1, -0.05) is 48.9 Å². The molecule has 0 spiro atoms. The second-order valence-electron chi connectivity index (χ2n) is 5.15. The maximum Gasteiger partial charge on any atom is 0.272 e.